The Bertz CT molecular complexity index is 1430. The van der Waals surface area contributed by atoms with Gasteiger partial charge in [-0.2, -0.15) is 0 Å². The zero-order chi connectivity index (χ0) is 25.9. The molecule has 2 heterocycles. The average molecular weight is 496 g/mol. The van der Waals surface area contributed by atoms with Crippen molar-refractivity contribution in [3.63, 3.8) is 0 Å². The quantitative estimate of drug-likeness (QED) is 0.396. The Morgan fingerprint density at radius 3 is 2.57 bits per heavy atom. The van der Waals surface area contributed by atoms with Crippen LogP contribution in [-0.4, -0.2) is 52.4 Å². The van der Waals surface area contributed by atoms with E-state index in [0.717, 1.165) is 41.9 Å². The zero-order valence-electron chi connectivity index (χ0n) is 21.6. The van der Waals surface area contributed by atoms with Crippen molar-refractivity contribution < 1.29 is 9.59 Å². The van der Waals surface area contributed by atoms with Crippen LogP contribution in [0.3, 0.4) is 0 Å². The molecule has 1 aliphatic rings. The molecule has 1 aliphatic heterocycles. The second-order valence-corrected chi connectivity index (χ2v) is 9.93. The number of hydrogen-bond donors (Lipinski definition) is 2. The van der Waals surface area contributed by atoms with Crippen LogP contribution in [0, 0.1) is 6.92 Å². The van der Waals surface area contributed by atoms with Crippen molar-refractivity contribution >= 4 is 34.2 Å². The molecule has 1 atom stereocenters. The Morgan fingerprint density at radius 2 is 1.84 bits per heavy atom. The third-order valence-corrected chi connectivity index (χ3v) is 6.95. The highest BCUT2D eigenvalue weighted by atomic mass is 16.2. The first-order valence-electron chi connectivity index (χ1n) is 12.8. The summed E-state index contributed by atoms with van der Waals surface area (Å²) in [5.41, 5.74) is 6.86. The Labute approximate surface area is 217 Å². The SMILES string of the molecule is CC(=O)Nc1ccc(CCc2nc3ccc(C(=O)N4CCN(c5cccc(C)c5)[C@@H](C)C4)cc3[nH]2)cc1. The standard InChI is InChI=1S/C30H33N5O2/c1-20-5-4-6-26(17-20)35-16-15-34(19-21(35)2)30(37)24-10-13-27-28(18-24)33-29(32-27)14-9-23-7-11-25(12-8-23)31-22(3)36/h4-8,10-13,17-18,21H,9,14-16,19H2,1-3H3,(H,31,36)(H,32,33)/t21-/m0/s1. The lowest BCUT2D eigenvalue weighted by Crippen LogP contribution is -2.53. The second-order valence-electron chi connectivity index (χ2n) is 9.93. The van der Waals surface area contributed by atoms with Crippen LogP contribution in [0.25, 0.3) is 11.0 Å². The fourth-order valence-corrected chi connectivity index (χ4v) is 5.05. The van der Waals surface area contributed by atoms with Gasteiger partial charge in [0.2, 0.25) is 5.91 Å². The van der Waals surface area contributed by atoms with Gasteiger partial charge in [0.25, 0.3) is 5.91 Å². The first-order chi connectivity index (χ1) is 17.9. The van der Waals surface area contributed by atoms with Crippen molar-refractivity contribution in [3.8, 4) is 0 Å². The van der Waals surface area contributed by atoms with E-state index in [1.807, 2.05) is 47.4 Å². The Kier molecular flexibility index (Phi) is 6.95. The minimum Gasteiger partial charge on any atom is -0.365 e. The number of imidazole rings is 1. The summed E-state index contributed by atoms with van der Waals surface area (Å²) in [6.07, 6.45) is 1.59. The second kappa shape index (κ2) is 10.5. The predicted octanol–water partition coefficient (Wildman–Crippen LogP) is 4.97. The van der Waals surface area contributed by atoms with E-state index in [1.165, 1.54) is 23.7 Å². The number of aromatic nitrogens is 2. The van der Waals surface area contributed by atoms with Crippen LogP contribution in [0.5, 0.6) is 0 Å². The number of piperazine rings is 1. The molecule has 0 unspecified atom stereocenters. The number of H-pyrrole nitrogens is 1. The van der Waals surface area contributed by atoms with E-state index >= 15 is 0 Å². The number of aromatic amines is 1. The van der Waals surface area contributed by atoms with E-state index in [1.54, 1.807) is 0 Å². The lowest BCUT2D eigenvalue weighted by atomic mass is 10.1. The van der Waals surface area contributed by atoms with Crippen LogP contribution < -0.4 is 10.2 Å². The monoisotopic (exact) mass is 495 g/mol. The largest absolute Gasteiger partial charge is 0.365 e. The topological polar surface area (TPSA) is 81.3 Å². The van der Waals surface area contributed by atoms with E-state index in [0.29, 0.717) is 18.7 Å². The Hall–Kier alpha value is -4.13. The van der Waals surface area contributed by atoms with Gasteiger partial charge in [0.15, 0.2) is 0 Å². The molecule has 2 amide bonds. The summed E-state index contributed by atoms with van der Waals surface area (Å²) in [5.74, 6) is 0.880. The fraction of sp³-hybridized carbons (Fsp3) is 0.300. The van der Waals surface area contributed by atoms with Crippen LogP contribution in [0.15, 0.2) is 66.7 Å². The van der Waals surface area contributed by atoms with Gasteiger partial charge in [0.1, 0.15) is 5.82 Å². The van der Waals surface area contributed by atoms with Crippen molar-refractivity contribution in [2.24, 2.45) is 0 Å². The van der Waals surface area contributed by atoms with Gasteiger partial charge < -0.3 is 20.1 Å². The maximum absolute atomic E-state index is 13.3. The summed E-state index contributed by atoms with van der Waals surface area (Å²) in [6, 6.07) is 22.4. The van der Waals surface area contributed by atoms with Gasteiger partial charge in [-0.1, -0.05) is 24.3 Å². The van der Waals surface area contributed by atoms with Gasteiger partial charge in [0, 0.05) is 56.0 Å². The van der Waals surface area contributed by atoms with Gasteiger partial charge in [-0.05, 0) is 73.9 Å². The predicted molar refractivity (Wildman–Crippen MR) is 148 cm³/mol. The molecular formula is C30H33N5O2. The molecule has 190 valence electrons. The van der Waals surface area contributed by atoms with Crippen LogP contribution in [-0.2, 0) is 17.6 Å². The molecule has 0 aliphatic carbocycles. The van der Waals surface area contributed by atoms with E-state index < -0.39 is 0 Å². The van der Waals surface area contributed by atoms with Gasteiger partial charge in [-0.15, -0.1) is 0 Å². The van der Waals surface area contributed by atoms with Crippen molar-refractivity contribution in [2.75, 3.05) is 29.9 Å². The molecule has 1 saturated heterocycles. The van der Waals surface area contributed by atoms with E-state index in [2.05, 4.69) is 53.3 Å². The highest BCUT2D eigenvalue weighted by Crippen LogP contribution is 2.23. The minimum absolute atomic E-state index is 0.0630. The lowest BCUT2D eigenvalue weighted by Gasteiger charge is -2.41. The molecule has 3 aromatic carbocycles. The summed E-state index contributed by atoms with van der Waals surface area (Å²) in [4.78, 5) is 37.0. The van der Waals surface area contributed by atoms with Crippen LogP contribution in [0.4, 0.5) is 11.4 Å². The van der Waals surface area contributed by atoms with E-state index in [9.17, 15) is 9.59 Å². The average Bonchev–Trinajstić information content (AvgIpc) is 3.29. The molecular weight excluding hydrogens is 462 g/mol. The molecule has 7 heteroatoms. The molecule has 0 bridgehead atoms. The number of carbonyl (C=O) groups is 2. The summed E-state index contributed by atoms with van der Waals surface area (Å²) in [5, 5.41) is 2.78. The molecule has 5 rings (SSSR count). The third-order valence-electron chi connectivity index (χ3n) is 6.95. The zero-order valence-corrected chi connectivity index (χ0v) is 21.6. The van der Waals surface area contributed by atoms with Gasteiger partial charge >= 0.3 is 0 Å². The Morgan fingerprint density at radius 1 is 1.03 bits per heavy atom. The van der Waals surface area contributed by atoms with Gasteiger partial charge in [-0.25, -0.2) is 4.98 Å². The van der Waals surface area contributed by atoms with Gasteiger partial charge in [-0.3, -0.25) is 9.59 Å². The first kappa shape index (κ1) is 24.6. The number of fused-ring (bicyclic) bond motifs is 1. The van der Waals surface area contributed by atoms with Crippen molar-refractivity contribution in [1.29, 1.82) is 0 Å². The Balaban J connectivity index is 1.22. The number of hydrogen-bond acceptors (Lipinski definition) is 4. The maximum atomic E-state index is 13.3. The lowest BCUT2D eigenvalue weighted by molar-refractivity contribution is -0.114. The van der Waals surface area contributed by atoms with Crippen molar-refractivity contribution in [3.05, 3.63) is 89.2 Å². The smallest absolute Gasteiger partial charge is 0.254 e. The number of amides is 2. The minimum atomic E-state index is -0.0769. The fourth-order valence-electron chi connectivity index (χ4n) is 5.05. The summed E-state index contributed by atoms with van der Waals surface area (Å²) < 4.78 is 0. The maximum Gasteiger partial charge on any atom is 0.254 e. The normalized spacial score (nSPS) is 15.7. The number of benzene rings is 3. The van der Waals surface area contributed by atoms with Crippen LogP contribution >= 0.6 is 0 Å². The number of rotatable bonds is 6. The number of anilines is 2. The molecule has 0 saturated carbocycles. The van der Waals surface area contributed by atoms with Crippen molar-refractivity contribution in [2.45, 2.75) is 39.7 Å². The first-order valence-corrected chi connectivity index (χ1v) is 12.8. The molecule has 0 radical (unpaired) electrons. The molecule has 7 nitrogen and oxygen atoms in total. The molecule has 1 aromatic heterocycles. The van der Waals surface area contributed by atoms with E-state index in [4.69, 9.17) is 4.98 Å². The van der Waals surface area contributed by atoms with Crippen LogP contribution in [0.1, 0.15) is 41.2 Å². The number of carbonyl (C=O) groups excluding carboxylic acids is 2. The molecule has 0 spiro atoms. The van der Waals surface area contributed by atoms with E-state index in [-0.39, 0.29) is 17.9 Å². The summed E-state index contributed by atoms with van der Waals surface area (Å²) in [7, 11) is 0. The summed E-state index contributed by atoms with van der Waals surface area (Å²) in [6.45, 7) is 8.00. The highest BCUT2D eigenvalue weighted by Gasteiger charge is 2.27. The number of nitrogens with one attached hydrogen (secondary N) is 2. The number of nitrogens with zero attached hydrogens (tertiary/aromatic N) is 3. The highest BCUT2D eigenvalue weighted by molar-refractivity contribution is 5.97. The molecule has 37 heavy (non-hydrogen) atoms. The van der Waals surface area contributed by atoms with Gasteiger partial charge in [0.05, 0.1) is 11.0 Å². The molecule has 2 N–H and O–H groups in total. The third kappa shape index (κ3) is 5.66. The molecule has 4 aromatic rings. The summed E-state index contributed by atoms with van der Waals surface area (Å²) >= 11 is 0. The number of aryl methyl sites for hydroxylation is 3. The molecule has 1 fully saturated rings. The van der Waals surface area contributed by atoms with Crippen LogP contribution in [0.2, 0.25) is 0 Å². The van der Waals surface area contributed by atoms with Crippen molar-refractivity contribution in [1.82, 2.24) is 14.9 Å².